The highest BCUT2D eigenvalue weighted by Gasteiger charge is 2.28. The van der Waals surface area contributed by atoms with Crippen LogP contribution < -0.4 is 5.32 Å². The number of aryl methyl sites for hydroxylation is 1. The van der Waals surface area contributed by atoms with Gasteiger partial charge in [0.25, 0.3) is 5.91 Å². The second-order valence-electron chi connectivity index (χ2n) is 6.76. The minimum absolute atomic E-state index is 0.0179. The van der Waals surface area contributed by atoms with Crippen molar-refractivity contribution in [3.63, 3.8) is 0 Å². The molecule has 3 aromatic rings. The standard InChI is InChI=1S/C20H20N4O2S/c1-13-5-6-15-17(12-13)27-20(22-15)23-18(25)14-7-10-24(11-8-14)19(26)16-4-2-3-9-21-16/h2-6,9,12,14H,7-8,10-11H2,1H3,(H,22,23,25). The van der Waals surface area contributed by atoms with E-state index in [1.807, 2.05) is 19.1 Å². The van der Waals surface area contributed by atoms with Gasteiger partial charge < -0.3 is 10.2 Å². The molecule has 1 N–H and O–H groups in total. The first-order chi connectivity index (χ1) is 13.1. The molecule has 4 rings (SSSR count). The van der Waals surface area contributed by atoms with E-state index in [1.165, 1.54) is 16.9 Å². The molecule has 1 aromatic carbocycles. The first-order valence-electron chi connectivity index (χ1n) is 8.98. The number of piperidine rings is 1. The van der Waals surface area contributed by atoms with E-state index in [0.717, 1.165) is 10.2 Å². The molecule has 1 aliphatic heterocycles. The minimum atomic E-state index is -0.105. The van der Waals surface area contributed by atoms with Gasteiger partial charge in [-0.25, -0.2) is 4.98 Å². The van der Waals surface area contributed by atoms with Crippen LogP contribution in [-0.4, -0.2) is 39.8 Å². The fraction of sp³-hybridized carbons (Fsp3) is 0.300. The Hall–Kier alpha value is -2.80. The average Bonchev–Trinajstić information content (AvgIpc) is 3.09. The highest BCUT2D eigenvalue weighted by Crippen LogP contribution is 2.28. The molecule has 1 saturated heterocycles. The predicted octanol–water partition coefficient (Wildman–Crippen LogP) is 3.49. The smallest absolute Gasteiger partial charge is 0.272 e. The molecule has 7 heteroatoms. The highest BCUT2D eigenvalue weighted by molar-refractivity contribution is 7.22. The van der Waals surface area contributed by atoms with E-state index < -0.39 is 0 Å². The van der Waals surface area contributed by atoms with Crippen molar-refractivity contribution in [2.75, 3.05) is 18.4 Å². The topological polar surface area (TPSA) is 75.2 Å². The lowest BCUT2D eigenvalue weighted by atomic mass is 9.96. The van der Waals surface area contributed by atoms with E-state index in [0.29, 0.717) is 36.8 Å². The minimum Gasteiger partial charge on any atom is -0.337 e. The number of carbonyl (C=O) groups is 2. The van der Waals surface area contributed by atoms with Crippen LogP contribution in [0.4, 0.5) is 5.13 Å². The van der Waals surface area contributed by atoms with Crippen LogP contribution in [0.2, 0.25) is 0 Å². The normalized spacial score (nSPS) is 15.1. The molecule has 0 aliphatic carbocycles. The Kier molecular flexibility index (Phi) is 4.85. The van der Waals surface area contributed by atoms with E-state index in [1.54, 1.807) is 29.3 Å². The molecular weight excluding hydrogens is 360 g/mol. The molecule has 138 valence electrons. The number of nitrogens with zero attached hydrogens (tertiary/aromatic N) is 3. The highest BCUT2D eigenvalue weighted by atomic mass is 32.1. The van der Waals surface area contributed by atoms with Crippen molar-refractivity contribution in [1.82, 2.24) is 14.9 Å². The number of thiazole rings is 1. The van der Waals surface area contributed by atoms with Crippen LogP contribution in [0.3, 0.4) is 0 Å². The maximum absolute atomic E-state index is 12.6. The predicted molar refractivity (Wildman–Crippen MR) is 106 cm³/mol. The van der Waals surface area contributed by atoms with Crippen molar-refractivity contribution in [1.29, 1.82) is 0 Å². The average molecular weight is 380 g/mol. The van der Waals surface area contributed by atoms with E-state index >= 15 is 0 Å². The molecule has 0 atom stereocenters. The van der Waals surface area contributed by atoms with Gasteiger partial charge in [-0.3, -0.25) is 14.6 Å². The van der Waals surface area contributed by atoms with Crippen LogP contribution in [0, 0.1) is 12.8 Å². The Labute approximate surface area is 161 Å². The molecule has 6 nitrogen and oxygen atoms in total. The van der Waals surface area contributed by atoms with Gasteiger partial charge in [0.05, 0.1) is 10.2 Å². The molecule has 0 bridgehead atoms. The summed E-state index contributed by atoms with van der Waals surface area (Å²) >= 11 is 1.49. The third-order valence-corrected chi connectivity index (χ3v) is 5.74. The molecule has 2 aromatic heterocycles. The van der Waals surface area contributed by atoms with E-state index in [4.69, 9.17) is 0 Å². The zero-order valence-corrected chi connectivity index (χ0v) is 15.8. The Bertz CT molecular complexity index is 978. The van der Waals surface area contributed by atoms with Crippen molar-refractivity contribution in [3.8, 4) is 0 Å². The van der Waals surface area contributed by atoms with Gasteiger partial charge in [-0.2, -0.15) is 0 Å². The second-order valence-corrected chi connectivity index (χ2v) is 7.79. The number of rotatable bonds is 3. The summed E-state index contributed by atoms with van der Waals surface area (Å²) < 4.78 is 1.07. The monoisotopic (exact) mass is 380 g/mol. The van der Waals surface area contributed by atoms with E-state index in [9.17, 15) is 9.59 Å². The molecule has 0 radical (unpaired) electrons. The number of fused-ring (bicyclic) bond motifs is 1. The maximum atomic E-state index is 12.6. The number of anilines is 1. The fourth-order valence-corrected chi connectivity index (χ4v) is 4.26. The number of likely N-dealkylation sites (tertiary alicyclic amines) is 1. The molecule has 27 heavy (non-hydrogen) atoms. The summed E-state index contributed by atoms with van der Waals surface area (Å²) in [6, 6.07) is 11.4. The second kappa shape index (κ2) is 7.44. The van der Waals surface area contributed by atoms with Crippen molar-refractivity contribution < 1.29 is 9.59 Å². The van der Waals surface area contributed by atoms with Gasteiger partial charge in [-0.05, 0) is 49.6 Å². The van der Waals surface area contributed by atoms with Gasteiger partial charge in [-0.15, -0.1) is 0 Å². The van der Waals surface area contributed by atoms with Crippen molar-refractivity contribution >= 4 is 38.5 Å². The van der Waals surface area contributed by atoms with Crippen LogP contribution >= 0.6 is 11.3 Å². The van der Waals surface area contributed by atoms with Crippen molar-refractivity contribution in [3.05, 3.63) is 53.9 Å². The van der Waals surface area contributed by atoms with Crippen LogP contribution in [0.5, 0.6) is 0 Å². The largest absolute Gasteiger partial charge is 0.337 e. The van der Waals surface area contributed by atoms with E-state index in [-0.39, 0.29) is 17.7 Å². The van der Waals surface area contributed by atoms with Gasteiger partial charge in [0, 0.05) is 25.2 Å². The van der Waals surface area contributed by atoms with Gasteiger partial charge in [0.2, 0.25) is 5.91 Å². The van der Waals surface area contributed by atoms with Crippen LogP contribution in [-0.2, 0) is 4.79 Å². The molecule has 2 amide bonds. The third-order valence-electron chi connectivity index (χ3n) is 4.81. The Morgan fingerprint density at radius 3 is 2.74 bits per heavy atom. The molecule has 1 fully saturated rings. The first-order valence-corrected chi connectivity index (χ1v) is 9.80. The van der Waals surface area contributed by atoms with Crippen LogP contribution in [0.15, 0.2) is 42.6 Å². The summed E-state index contributed by atoms with van der Waals surface area (Å²) in [6.45, 7) is 3.16. The number of hydrogen-bond donors (Lipinski definition) is 1. The van der Waals surface area contributed by atoms with Gasteiger partial charge in [-0.1, -0.05) is 23.5 Å². The van der Waals surface area contributed by atoms with E-state index in [2.05, 4.69) is 21.4 Å². The Morgan fingerprint density at radius 1 is 1.19 bits per heavy atom. The molecule has 3 heterocycles. The molecular formula is C20H20N4O2S. The van der Waals surface area contributed by atoms with Crippen LogP contribution in [0.1, 0.15) is 28.9 Å². The number of nitrogens with one attached hydrogen (secondary N) is 1. The summed E-state index contributed by atoms with van der Waals surface area (Å²) in [5.74, 6) is -0.196. The van der Waals surface area contributed by atoms with Crippen molar-refractivity contribution in [2.45, 2.75) is 19.8 Å². The van der Waals surface area contributed by atoms with Crippen molar-refractivity contribution in [2.24, 2.45) is 5.92 Å². The number of carbonyl (C=O) groups excluding carboxylic acids is 2. The molecule has 0 unspecified atom stereocenters. The third kappa shape index (κ3) is 3.83. The zero-order chi connectivity index (χ0) is 18.8. The number of pyridine rings is 1. The quantitative estimate of drug-likeness (QED) is 0.755. The molecule has 0 saturated carbocycles. The summed E-state index contributed by atoms with van der Waals surface area (Å²) in [6.07, 6.45) is 2.91. The lowest BCUT2D eigenvalue weighted by molar-refractivity contribution is -0.121. The molecule has 0 spiro atoms. The van der Waals surface area contributed by atoms with Gasteiger partial charge in [0.15, 0.2) is 5.13 Å². The number of amides is 2. The number of aromatic nitrogens is 2. The van der Waals surface area contributed by atoms with Gasteiger partial charge >= 0.3 is 0 Å². The Balaban J connectivity index is 1.36. The number of benzene rings is 1. The maximum Gasteiger partial charge on any atom is 0.272 e. The summed E-state index contributed by atoms with van der Waals surface area (Å²) in [7, 11) is 0. The lowest BCUT2D eigenvalue weighted by Gasteiger charge is -2.30. The number of hydrogen-bond acceptors (Lipinski definition) is 5. The summed E-state index contributed by atoms with van der Waals surface area (Å²) in [4.78, 5) is 35.4. The summed E-state index contributed by atoms with van der Waals surface area (Å²) in [5.41, 5.74) is 2.52. The van der Waals surface area contributed by atoms with Crippen LogP contribution in [0.25, 0.3) is 10.2 Å². The summed E-state index contributed by atoms with van der Waals surface area (Å²) in [5, 5.41) is 3.58. The lowest BCUT2D eigenvalue weighted by Crippen LogP contribution is -2.41. The SMILES string of the molecule is Cc1ccc2nc(NC(=O)C3CCN(C(=O)c4ccccn4)CC3)sc2c1. The zero-order valence-electron chi connectivity index (χ0n) is 15.0. The molecule has 1 aliphatic rings. The first kappa shape index (κ1) is 17.6. The van der Waals surface area contributed by atoms with Gasteiger partial charge in [0.1, 0.15) is 5.69 Å². The Morgan fingerprint density at radius 2 is 2.00 bits per heavy atom. The fourth-order valence-electron chi connectivity index (χ4n) is 3.29.